The molecule has 2 aromatic rings. The summed E-state index contributed by atoms with van der Waals surface area (Å²) in [6.07, 6.45) is 1.86. The molecule has 27 heavy (non-hydrogen) atoms. The van der Waals surface area contributed by atoms with Crippen LogP contribution in [-0.2, 0) is 14.8 Å². The molecule has 2 aromatic carbocycles. The number of benzene rings is 2. The Morgan fingerprint density at radius 3 is 2.48 bits per heavy atom. The van der Waals surface area contributed by atoms with E-state index in [0.717, 1.165) is 10.5 Å². The van der Waals surface area contributed by atoms with Crippen LogP contribution in [0.2, 0.25) is 0 Å². The average molecular weight is 409 g/mol. The summed E-state index contributed by atoms with van der Waals surface area (Å²) >= 11 is 1.43. The summed E-state index contributed by atoms with van der Waals surface area (Å²) in [5, 5.41) is 2.66. The molecule has 0 fully saturated rings. The van der Waals surface area contributed by atoms with Gasteiger partial charge in [0.25, 0.3) is 0 Å². The third-order valence-electron chi connectivity index (χ3n) is 3.93. The highest BCUT2D eigenvalue weighted by Gasteiger charge is 2.16. The number of aryl methyl sites for hydroxylation is 2. The lowest BCUT2D eigenvalue weighted by Gasteiger charge is -2.12. The predicted octanol–water partition coefficient (Wildman–Crippen LogP) is 3.34. The molecular weight excluding hydrogens is 384 g/mol. The van der Waals surface area contributed by atoms with Gasteiger partial charge in [0.1, 0.15) is 12.4 Å². The highest BCUT2D eigenvalue weighted by atomic mass is 32.2. The molecule has 0 unspecified atom stereocenters. The standard InChI is InChI=1S/C19H24N2O4S2/c1-13-5-6-16(11-14(13)2)25-10-9-20-27(23,24)17-7-8-19(26-4)18(12-17)21-15(3)22/h5-8,11-12,20H,9-10H2,1-4H3,(H,21,22). The first-order valence-electron chi connectivity index (χ1n) is 8.38. The Bertz CT molecular complexity index is 927. The zero-order chi connectivity index (χ0) is 20.0. The van der Waals surface area contributed by atoms with E-state index in [4.69, 9.17) is 4.74 Å². The van der Waals surface area contributed by atoms with Crippen LogP contribution in [0.5, 0.6) is 5.75 Å². The SMILES string of the molecule is CSc1ccc(S(=O)(=O)NCCOc2ccc(C)c(C)c2)cc1NC(C)=O. The second-order valence-corrected chi connectivity index (χ2v) is 8.65. The summed E-state index contributed by atoms with van der Waals surface area (Å²) in [7, 11) is -3.70. The molecule has 0 bridgehead atoms. The van der Waals surface area contributed by atoms with Crippen molar-refractivity contribution in [2.45, 2.75) is 30.6 Å². The third kappa shape index (κ3) is 5.98. The molecule has 2 N–H and O–H groups in total. The molecule has 0 saturated heterocycles. The second kappa shape index (κ2) is 9.25. The fourth-order valence-electron chi connectivity index (χ4n) is 2.37. The first-order chi connectivity index (χ1) is 12.7. The van der Waals surface area contributed by atoms with Crippen molar-refractivity contribution >= 4 is 33.4 Å². The van der Waals surface area contributed by atoms with Gasteiger partial charge in [-0.2, -0.15) is 0 Å². The smallest absolute Gasteiger partial charge is 0.240 e. The molecular formula is C19H24N2O4S2. The van der Waals surface area contributed by atoms with Crippen molar-refractivity contribution < 1.29 is 17.9 Å². The Kier molecular flexibility index (Phi) is 7.29. The van der Waals surface area contributed by atoms with Crippen LogP contribution in [-0.4, -0.2) is 33.7 Å². The molecule has 0 saturated carbocycles. The van der Waals surface area contributed by atoms with E-state index in [-0.39, 0.29) is 24.0 Å². The number of hydrogen-bond donors (Lipinski definition) is 2. The highest BCUT2D eigenvalue weighted by Crippen LogP contribution is 2.28. The minimum atomic E-state index is -3.70. The number of carbonyl (C=O) groups excluding carboxylic acids is 1. The summed E-state index contributed by atoms with van der Waals surface area (Å²) in [5.41, 5.74) is 2.77. The molecule has 0 heterocycles. The topological polar surface area (TPSA) is 84.5 Å². The lowest BCUT2D eigenvalue weighted by molar-refractivity contribution is -0.114. The van der Waals surface area contributed by atoms with Crippen molar-refractivity contribution in [3.05, 3.63) is 47.5 Å². The maximum absolute atomic E-state index is 12.5. The number of ether oxygens (including phenoxy) is 1. The minimum Gasteiger partial charge on any atom is -0.492 e. The van der Waals surface area contributed by atoms with Gasteiger partial charge in [0, 0.05) is 18.4 Å². The molecule has 0 aliphatic carbocycles. The Balaban J connectivity index is 2.01. The minimum absolute atomic E-state index is 0.0928. The van der Waals surface area contributed by atoms with Gasteiger partial charge < -0.3 is 10.1 Å². The van der Waals surface area contributed by atoms with Gasteiger partial charge in [0.05, 0.1) is 10.6 Å². The summed E-state index contributed by atoms with van der Waals surface area (Å²) in [6, 6.07) is 10.4. The lowest BCUT2D eigenvalue weighted by atomic mass is 10.1. The predicted molar refractivity (Wildman–Crippen MR) is 109 cm³/mol. The van der Waals surface area contributed by atoms with E-state index < -0.39 is 10.0 Å². The fourth-order valence-corrected chi connectivity index (χ4v) is 3.95. The van der Waals surface area contributed by atoms with E-state index in [9.17, 15) is 13.2 Å². The van der Waals surface area contributed by atoms with Crippen LogP contribution in [0.4, 0.5) is 5.69 Å². The Hall–Kier alpha value is -2.03. The van der Waals surface area contributed by atoms with Gasteiger partial charge >= 0.3 is 0 Å². The number of sulfonamides is 1. The maximum atomic E-state index is 12.5. The zero-order valence-corrected chi connectivity index (χ0v) is 17.5. The van der Waals surface area contributed by atoms with Crippen LogP contribution in [0.1, 0.15) is 18.1 Å². The van der Waals surface area contributed by atoms with E-state index in [1.807, 2.05) is 38.3 Å². The lowest BCUT2D eigenvalue weighted by Crippen LogP contribution is -2.28. The molecule has 6 nitrogen and oxygen atoms in total. The quantitative estimate of drug-likeness (QED) is 0.517. The van der Waals surface area contributed by atoms with Crippen molar-refractivity contribution in [2.24, 2.45) is 0 Å². The summed E-state index contributed by atoms with van der Waals surface area (Å²) in [6.45, 7) is 5.74. The molecule has 0 atom stereocenters. The van der Waals surface area contributed by atoms with Crippen LogP contribution < -0.4 is 14.8 Å². The van der Waals surface area contributed by atoms with Gasteiger partial charge in [-0.15, -0.1) is 11.8 Å². The molecule has 2 rings (SSSR count). The number of rotatable bonds is 8. The maximum Gasteiger partial charge on any atom is 0.240 e. The molecule has 0 aromatic heterocycles. The van der Waals surface area contributed by atoms with Gasteiger partial charge in [-0.25, -0.2) is 13.1 Å². The number of carbonyl (C=O) groups is 1. The molecule has 0 aliphatic rings. The van der Waals surface area contributed by atoms with Crippen LogP contribution in [0.25, 0.3) is 0 Å². The molecule has 146 valence electrons. The number of hydrogen-bond acceptors (Lipinski definition) is 5. The first-order valence-corrected chi connectivity index (χ1v) is 11.1. The monoisotopic (exact) mass is 408 g/mol. The number of amides is 1. The van der Waals surface area contributed by atoms with Gasteiger partial charge in [-0.3, -0.25) is 4.79 Å². The van der Waals surface area contributed by atoms with Crippen molar-refractivity contribution in [3.63, 3.8) is 0 Å². The van der Waals surface area contributed by atoms with Gasteiger partial charge in [-0.05, 0) is 61.6 Å². The molecule has 0 aliphatic heterocycles. The van der Waals surface area contributed by atoms with E-state index >= 15 is 0 Å². The normalized spacial score (nSPS) is 11.3. The van der Waals surface area contributed by atoms with Crippen molar-refractivity contribution in [3.8, 4) is 5.75 Å². The molecule has 1 amide bonds. The third-order valence-corrected chi connectivity index (χ3v) is 6.19. The van der Waals surface area contributed by atoms with Crippen LogP contribution in [0.15, 0.2) is 46.2 Å². The van der Waals surface area contributed by atoms with E-state index in [1.165, 1.54) is 36.4 Å². The van der Waals surface area contributed by atoms with Gasteiger partial charge in [0.2, 0.25) is 15.9 Å². The summed E-state index contributed by atoms with van der Waals surface area (Å²) in [5.74, 6) is 0.448. The van der Waals surface area contributed by atoms with Crippen molar-refractivity contribution in [1.29, 1.82) is 0 Å². The Morgan fingerprint density at radius 1 is 1.11 bits per heavy atom. The highest BCUT2D eigenvalue weighted by molar-refractivity contribution is 7.98. The largest absolute Gasteiger partial charge is 0.492 e. The molecule has 8 heteroatoms. The van der Waals surface area contributed by atoms with Gasteiger partial charge in [-0.1, -0.05) is 6.07 Å². The second-order valence-electron chi connectivity index (χ2n) is 6.04. The molecule has 0 radical (unpaired) electrons. The fraction of sp³-hybridized carbons (Fsp3) is 0.316. The Morgan fingerprint density at radius 2 is 1.85 bits per heavy atom. The average Bonchev–Trinajstić information content (AvgIpc) is 2.61. The Labute approximate surface area is 164 Å². The number of thioether (sulfide) groups is 1. The van der Waals surface area contributed by atoms with Crippen molar-refractivity contribution in [1.82, 2.24) is 4.72 Å². The van der Waals surface area contributed by atoms with E-state index in [0.29, 0.717) is 11.4 Å². The number of anilines is 1. The summed E-state index contributed by atoms with van der Waals surface area (Å²) < 4.78 is 33.1. The summed E-state index contributed by atoms with van der Waals surface area (Å²) in [4.78, 5) is 12.2. The zero-order valence-electron chi connectivity index (χ0n) is 15.8. The van der Waals surface area contributed by atoms with Crippen LogP contribution >= 0.6 is 11.8 Å². The van der Waals surface area contributed by atoms with Gasteiger partial charge in [0.15, 0.2) is 0 Å². The number of nitrogens with one attached hydrogen (secondary N) is 2. The van der Waals surface area contributed by atoms with E-state index in [2.05, 4.69) is 10.0 Å². The van der Waals surface area contributed by atoms with Crippen LogP contribution in [0.3, 0.4) is 0 Å². The van der Waals surface area contributed by atoms with Crippen molar-refractivity contribution in [2.75, 3.05) is 24.7 Å². The molecule has 0 spiro atoms. The first kappa shape index (κ1) is 21.3. The van der Waals surface area contributed by atoms with E-state index in [1.54, 1.807) is 6.07 Å². The van der Waals surface area contributed by atoms with Crippen LogP contribution in [0, 0.1) is 13.8 Å².